The number of hydrogen-bond acceptors (Lipinski definition) is 3. The van der Waals surface area contributed by atoms with E-state index in [1.807, 2.05) is 30.0 Å². The van der Waals surface area contributed by atoms with E-state index in [9.17, 15) is 0 Å². The highest BCUT2D eigenvalue weighted by atomic mass is 127. The molecule has 34 heavy (non-hydrogen) atoms. The normalized spacial score (nSPS) is 11.2. The van der Waals surface area contributed by atoms with E-state index in [0.29, 0.717) is 12.5 Å². The van der Waals surface area contributed by atoms with Gasteiger partial charge in [-0.25, -0.2) is 9.97 Å². The number of aryl methyl sites for hydroxylation is 1. The minimum atomic E-state index is 0. The third-order valence-electron chi connectivity index (χ3n) is 5.69. The van der Waals surface area contributed by atoms with Gasteiger partial charge < -0.3 is 10.6 Å². The fraction of sp³-hybridized carbons (Fsp3) is 0.222. The zero-order valence-corrected chi connectivity index (χ0v) is 21.9. The Morgan fingerprint density at radius 2 is 1.59 bits per heavy atom. The molecule has 0 amide bonds. The summed E-state index contributed by atoms with van der Waals surface area (Å²) in [6.45, 7) is 3.43. The fourth-order valence-electron chi connectivity index (χ4n) is 3.92. The van der Waals surface area contributed by atoms with Gasteiger partial charge in [-0.1, -0.05) is 66.7 Å². The highest BCUT2D eigenvalue weighted by Crippen LogP contribution is 2.27. The summed E-state index contributed by atoms with van der Waals surface area (Å²) in [7, 11) is 1.80. The monoisotopic (exact) mass is 566 g/mol. The van der Waals surface area contributed by atoms with Crippen molar-refractivity contribution in [1.82, 2.24) is 25.2 Å². The summed E-state index contributed by atoms with van der Waals surface area (Å²) in [5.41, 5.74) is 3.74. The molecule has 0 fully saturated rings. The van der Waals surface area contributed by atoms with Crippen LogP contribution >= 0.6 is 24.0 Å². The first-order valence-corrected chi connectivity index (χ1v) is 11.2. The van der Waals surface area contributed by atoms with E-state index < -0.39 is 0 Å². The number of aliphatic imine (C=N–C) groups is 1. The van der Waals surface area contributed by atoms with Crippen LogP contribution in [-0.2, 0) is 6.54 Å². The molecule has 2 aromatic carbocycles. The number of nitrogens with one attached hydrogen (secondary N) is 2. The molecule has 0 spiro atoms. The van der Waals surface area contributed by atoms with Crippen LogP contribution in [0, 0.1) is 6.92 Å². The van der Waals surface area contributed by atoms with E-state index in [-0.39, 0.29) is 24.0 Å². The molecule has 2 N–H and O–H groups in total. The van der Waals surface area contributed by atoms with E-state index in [0.717, 1.165) is 36.1 Å². The second-order valence-electron chi connectivity index (χ2n) is 7.88. The van der Waals surface area contributed by atoms with Crippen molar-refractivity contribution < 1.29 is 0 Å². The first-order valence-electron chi connectivity index (χ1n) is 11.2. The molecule has 4 aromatic rings. The van der Waals surface area contributed by atoms with Crippen LogP contribution in [0.5, 0.6) is 0 Å². The lowest BCUT2D eigenvalue weighted by atomic mass is 9.88. The van der Waals surface area contributed by atoms with Gasteiger partial charge in [0, 0.05) is 44.6 Å². The van der Waals surface area contributed by atoms with Crippen LogP contribution in [0.4, 0.5) is 0 Å². The van der Waals surface area contributed by atoms with Crippen LogP contribution in [0.1, 0.15) is 34.9 Å². The summed E-state index contributed by atoms with van der Waals surface area (Å²) in [5.74, 6) is 2.90. The minimum absolute atomic E-state index is 0. The molecule has 0 aliphatic carbocycles. The van der Waals surface area contributed by atoms with Gasteiger partial charge in [-0.3, -0.25) is 9.56 Å². The van der Waals surface area contributed by atoms with Gasteiger partial charge in [0.05, 0.1) is 0 Å². The molecule has 0 bridgehead atoms. The molecule has 7 heteroatoms. The Morgan fingerprint density at radius 3 is 2.12 bits per heavy atom. The number of nitrogens with zero attached hydrogens (tertiary/aromatic N) is 4. The topological polar surface area (TPSA) is 67.1 Å². The third kappa shape index (κ3) is 6.66. The molecule has 176 valence electrons. The van der Waals surface area contributed by atoms with E-state index >= 15 is 0 Å². The lowest BCUT2D eigenvalue weighted by Gasteiger charge is -2.19. The van der Waals surface area contributed by atoms with E-state index in [4.69, 9.17) is 0 Å². The molecular weight excluding hydrogens is 535 g/mol. The zero-order valence-electron chi connectivity index (χ0n) is 19.6. The van der Waals surface area contributed by atoms with Gasteiger partial charge in [0.1, 0.15) is 11.6 Å². The number of guanidine groups is 1. The van der Waals surface area contributed by atoms with Crippen LogP contribution in [0.25, 0.3) is 5.82 Å². The van der Waals surface area contributed by atoms with Crippen LogP contribution < -0.4 is 10.6 Å². The van der Waals surface area contributed by atoms with Crippen molar-refractivity contribution in [2.24, 2.45) is 4.99 Å². The molecule has 6 nitrogen and oxygen atoms in total. The molecule has 0 aliphatic heterocycles. The Kier molecular flexibility index (Phi) is 9.63. The predicted molar refractivity (Wildman–Crippen MR) is 149 cm³/mol. The van der Waals surface area contributed by atoms with Gasteiger partial charge in [-0.05, 0) is 36.1 Å². The van der Waals surface area contributed by atoms with E-state index in [1.165, 1.54) is 11.1 Å². The molecule has 0 aliphatic rings. The van der Waals surface area contributed by atoms with E-state index in [2.05, 4.69) is 92.3 Å². The van der Waals surface area contributed by atoms with Crippen LogP contribution in [0.3, 0.4) is 0 Å². The number of imidazole rings is 1. The Hall–Kier alpha value is -3.20. The van der Waals surface area contributed by atoms with Crippen LogP contribution in [-0.4, -0.2) is 34.1 Å². The van der Waals surface area contributed by atoms with Gasteiger partial charge in [-0.15, -0.1) is 24.0 Å². The largest absolute Gasteiger partial charge is 0.356 e. The standard InChI is InChI=1S/C27H30N6.HI/c1-21-29-17-18-33(21)26-14-13-22(19-31-26)20-32-27(28-2)30-16-15-25(23-9-5-3-6-10-23)24-11-7-4-8-12-24;/h3-14,17-19,25H,15-16,20H2,1-2H3,(H2,28,30,32);1H. The van der Waals surface area contributed by atoms with Gasteiger partial charge in [0.25, 0.3) is 0 Å². The van der Waals surface area contributed by atoms with Crippen molar-refractivity contribution in [1.29, 1.82) is 0 Å². The molecule has 2 heterocycles. The second kappa shape index (κ2) is 12.9. The van der Waals surface area contributed by atoms with Crippen LogP contribution in [0.15, 0.2) is 96.4 Å². The maximum absolute atomic E-state index is 4.56. The Bertz CT molecular complexity index is 1120. The summed E-state index contributed by atoms with van der Waals surface area (Å²) < 4.78 is 1.97. The number of aromatic nitrogens is 3. The maximum Gasteiger partial charge on any atom is 0.191 e. The van der Waals surface area contributed by atoms with Crippen molar-refractivity contribution in [2.75, 3.05) is 13.6 Å². The predicted octanol–water partition coefficient (Wildman–Crippen LogP) is 5.08. The second-order valence-corrected chi connectivity index (χ2v) is 7.88. The first kappa shape index (κ1) is 25.4. The highest BCUT2D eigenvalue weighted by molar-refractivity contribution is 14.0. The fourth-order valence-corrected chi connectivity index (χ4v) is 3.92. The van der Waals surface area contributed by atoms with Crippen molar-refractivity contribution in [2.45, 2.75) is 25.8 Å². The smallest absolute Gasteiger partial charge is 0.191 e. The number of hydrogen-bond donors (Lipinski definition) is 2. The summed E-state index contributed by atoms with van der Waals surface area (Å²) in [6.07, 6.45) is 6.55. The van der Waals surface area contributed by atoms with E-state index in [1.54, 1.807) is 13.2 Å². The SMILES string of the molecule is CN=C(NCCC(c1ccccc1)c1ccccc1)NCc1ccc(-n2ccnc2C)nc1.I. The Morgan fingerprint density at radius 1 is 0.912 bits per heavy atom. The molecule has 2 aromatic heterocycles. The number of pyridine rings is 1. The number of rotatable bonds is 8. The molecule has 0 saturated heterocycles. The lowest BCUT2D eigenvalue weighted by molar-refractivity contribution is 0.678. The Balaban J connectivity index is 0.00000324. The summed E-state index contributed by atoms with van der Waals surface area (Å²) >= 11 is 0. The molecule has 0 unspecified atom stereocenters. The summed E-state index contributed by atoms with van der Waals surface area (Å²) in [6, 6.07) is 25.4. The molecular formula is C27H31IN6. The average molecular weight is 566 g/mol. The van der Waals surface area contributed by atoms with Crippen molar-refractivity contribution in [3.8, 4) is 5.82 Å². The molecule has 0 saturated carbocycles. The molecule has 4 rings (SSSR count). The van der Waals surface area contributed by atoms with Gasteiger partial charge in [0.15, 0.2) is 5.96 Å². The molecule has 0 atom stereocenters. The molecule has 0 radical (unpaired) electrons. The Labute approximate surface area is 218 Å². The third-order valence-corrected chi connectivity index (χ3v) is 5.69. The highest BCUT2D eigenvalue weighted by Gasteiger charge is 2.13. The summed E-state index contributed by atoms with van der Waals surface area (Å²) in [5, 5.41) is 6.84. The first-order chi connectivity index (χ1) is 16.2. The number of halogens is 1. The van der Waals surface area contributed by atoms with Crippen molar-refractivity contribution in [3.05, 3.63) is 114 Å². The van der Waals surface area contributed by atoms with Gasteiger partial charge in [-0.2, -0.15) is 0 Å². The van der Waals surface area contributed by atoms with Crippen molar-refractivity contribution >= 4 is 29.9 Å². The van der Waals surface area contributed by atoms with Gasteiger partial charge >= 0.3 is 0 Å². The summed E-state index contributed by atoms with van der Waals surface area (Å²) in [4.78, 5) is 13.2. The average Bonchev–Trinajstić information content (AvgIpc) is 3.31. The quantitative estimate of drug-likeness (QED) is 0.177. The van der Waals surface area contributed by atoms with Gasteiger partial charge in [0.2, 0.25) is 0 Å². The minimum Gasteiger partial charge on any atom is -0.356 e. The number of benzene rings is 2. The van der Waals surface area contributed by atoms with Crippen LogP contribution in [0.2, 0.25) is 0 Å². The zero-order chi connectivity index (χ0) is 22.9. The lowest BCUT2D eigenvalue weighted by Crippen LogP contribution is -2.37. The van der Waals surface area contributed by atoms with Crippen molar-refractivity contribution in [3.63, 3.8) is 0 Å². The maximum atomic E-state index is 4.56.